The van der Waals surface area contributed by atoms with Gasteiger partial charge in [0, 0.05) is 19.0 Å². The van der Waals surface area contributed by atoms with E-state index in [0.717, 1.165) is 18.4 Å². The molecule has 0 bridgehead atoms. The number of carbonyl (C=O) groups is 1. The zero-order valence-corrected chi connectivity index (χ0v) is 18.9. The van der Waals surface area contributed by atoms with E-state index in [1.165, 1.54) is 6.33 Å². The van der Waals surface area contributed by atoms with Crippen molar-refractivity contribution < 1.29 is 14.3 Å². The lowest BCUT2D eigenvalue weighted by Crippen LogP contribution is -2.42. The summed E-state index contributed by atoms with van der Waals surface area (Å²) >= 11 is 0. The highest BCUT2D eigenvalue weighted by atomic mass is 16.5. The molecule has 0 aliphatic carbocycles. The third kappa shape index (κ3) is 5.90. The van der Waals surface area contributed by atoms with Crippen LogP contribution in [0.2, 0.25) is 0 Å². The van der Waals surface area contributed by atoms with E-state index in [-0.39, 0.29) is 17.4 Å². The maximum absolute atomic E-state index is 12.3. The van der Waals surface area contributed by atoms with E-state index in [1.807, 2.05) is 18.2 Å². The molecule has 1 unspecified atom stereocenters. The summed E-state index contributed by atoms with van der Waals surface area (Å²) in [6.07, 6.45) is 8.01. The first kappa shape index (κ1) is 24.3. The van der Waals surface area contributed by atoms with Gasteiger partial charge in [-0.1, -0.05) is 37.9 Å². The van der Waals surface area contributed by atoms with Gasteiger partial charge < -0.3 is 20.1 Å². The van der Waals surface area contributed by atoms with Crippen molar-refractivity contribution in [2.45, 2.75) is 12.8 Å². The zero-order chi connectivity index (χ0) is 24.5. The van der Waals surface area contributed by atoms with Gasteiger partial charge in [0.15, 0.2) is 0 Å². The van der Waals surface area contributed by atoms with Crippen LogP contribution in [0.1, 0.15) is 12.8 Å². The Kier molecular flexibility index (Phi) is 8.19. The topological polar surface area (TPSA) is 114 Å². The number of nitrogens with zero attached hydrogens (tertiary/aromatic N) is 4. The smallest absolute Gasteiger partial charge is 0.263 e. The summed E-state index contributed by atoms with van der Waals surface area (Å²) in [6, 6.07) is 9.13. The molecule has 1 aromatic carbocycles. The molecule has 2 N–H and O–H groups in total. The number of ether oxygens (including phenoxy) is 2. The van der Waals surface area contributed by atoms with E-state index in [0.29, 0.717) is 48.5 Å². The third-order valence-electron chi connectivity index (χ3n) is 5.36. The van der Waals surface area contributed by atoms with E-state index in [4.69, 9.17) is 20.5 Å². The number of piperidine rings is 1. The van der Waals surface area contributed by atoms with Crippen molar-refractivity contribution in [3.63, 3.8) is 0 Å². The van der Waals surface area contributed by atoms with Gasteiger partial charge in [-0.3, -0.25) is 4.79 Å². The van der Waals surface area contributed by atoms with Crippen molar-refractivity contribution in [3.8, 4) is 28.8 Å². The van der Waals surface area contributed by atoms with Gasteiger partial charge in [-0.15, -0.1) is 0 Å². The minimum absolute atomic E-state index is 0.0555. The molecule has 1 saturated heterocycles. The fraction of sp³-hybridized carbons (Fsp3) is 0.231. The van der Waals surface area contributed by atoms with Gasteiger partial charge in [-0.05, 0) is 42.7 Å². The van der Waals surface area contributed by atoms with Crippen molar-refractivity contribution >= 4 is 11.7 Å². The fourth-order valence-corrected chi connectivity index (χ4v) is 3.67. The lowest BCUT2D eigenvalue weighted by molar-refractivity contribution is -0.128. The predicted molar refractivity (Wildman–Crippen MR) is 131 cm³/mol. The fourth-order valence-electron chi connectivity index (χ4n) is 3.67. The van der Waals surface area contributed by atoms with Crippen LogP contribution < -0.4 is 15.2 Å². The lowest BCUT2D eigenvalue weighted by Gasteiger charge is -2.32. The van der Waals surface area contributed by atoms with Crippen LogP contribution in [0.5, 0.6) is 11.6 Å². The van der Waals surface area contributed by atoms with Gasteiger partial charge >= 0.3 is 0 Å². The first-order valence-corrected chi connectivity index (χ1v) is 10.8. The highest BCUT2D eigenvalue weighted by Crippen LogP contribution is 2.34. The number of anilines is 1. The van der Waals surface area contributed by atoms with E-state index in [1.54, 1.807) is 35.3 Å². The Hall–Kier alpha value is -4.38. The van der Waals surface area contributed by atoms with Crippen LogP contribution in [0.3, 0.4) is 0 Å². The molecule has 1 aliphatic rings. The second kappa shape index (κ2) is 11.5. The highest BCUT2D eigenvalue weighted by molar-refractivity contribution is 5.96. The molecular weight excluding hydrogens is 430 g/mol. The number of carbonyl (C=O) groups excluding carboxylic acids is 1. The standard InChI is InChI=1S/C26H27N5O3/c1-4-7-21(5-2)34-22-11-9-20(10-12-22)23-24(28)29-17-30-25(23)33-16-19-8-6-13-31(15-19)26(32)18(3)14-27/h4-5,7,9-12,17,19H,1-3,6,8,13,15-16H2,(H2,28,29,30)/b21-7+. The van der Waals surface area contributed by atoms with Crippen LogP contribution in [0.4, 0.5) is 5.82 Å². The molecular formula is C26H27N5O3. The van der Waals surface area contributed by atoms with Crippen molar-refractivity contribution in [2.24, 2.45) is 5.92 Å². The number of hydrogen-bond acceptors (Lipinski definition) is 7. The van der Waals surface area contributed by atoms with Crippen molar-refractivity contribution in [2.75, 3.05) is 25.4 Å². The molecule has 1 atom stereocenters. The number of likely N-dealkylation sites (tertiary alicyclic amines) is 1. The molecule has 1 aliphatic heterocycles. The number of rotatable bonds is 9. The molecule has 2 heterocycles. The van der Waals surface area contributed by atoms with Crippen molar-refractivity contribution in [3.05, 3.63) is 79.9 Å². The van der Waals surface area contributed by atoms with Gasteiger partial charge in [0.25, 0.3) is 5.91 Å². The lowest BCUT2D eigenvalue weighted by atomic mass is 9.98. The number of aromatic nitrogens is 2. The molecule has 3 rings (SSSR count). The maximum Gasteiger partial charge on any atom is 0.263 e. The number of nitrogen functional groups attached to an aromatic ring is 1. The minimum Gasteiger partial charge on any atom is -0.477 e. The number of nitriles is 1. The summed E-state index contributed by atoms with van der Waals surface area (Å²) < 4.78 is 11.8. The molecule has 0 radical (unpaired) electrons. The van der Waals surface area contributed by atoms with Gasteiger partial charge in [0.05, 0.1) is 12.2 Å². The Morgan fingerprint density at radius 2 is 2.06 bits per heavy atom. The Balaban J connectivity index is 1.73. The second-order valence-electron chi connectivity index (χ2n) is 7.74. The predicted octanol–water partition coefficient (Wildman–Crippen LogP) is 4.06. The summed E-state index contributed by atoms with van der Waals surface area (Å²) in [5, 5.41) is 8.95. The summed E-state index contributed by atoms with van der Waals surface area (Å²) in [4.78, 5) is 22.3. The number of allylic oxidation sites excluding steroid dienone is 3. The summed E-state index contributed by atoms with van der Waals surface area (Å²) in [6.45, 7) is 12.3. The van der Waals surface area contributed by atoms with E-state index >= 15 is 0 Å². The molecule has 1 fully saturated rings. The monoisotopic (exact) mass is 457 g/mol. The van der Waals surface area contributed by atoms with Gasteiger partial charge in [-0.25, -0.2) is 9.97 Å². The zero-order valence-electron chi connectivity index (χ0n) is 18.9. The van der Waals surface area contributed by atoms with Crippen LogP contribution in [-0.2, 0) is 4.79 Å². The quantitative estimate of drug-likeness (QED) is 0.261. The largest absolute Gasteiger partial charge is 0.477 e. The maximum atomic E-state index is 12.3. The minimum atomic E-state index is -0.330. The number of hydrogen-bond donors (Lipinski definition) is 1. The summed E-state index contributed by atoms with van der Waals surface area (Å²) in [5.41, 5.74) is 7.47. The Bertz CT molecular complexity index is 1150. The van der Waals surface area contributed by atoms with E-state index in [2.05, 4.69) is 29.7 Å². The third-order valence-corrected chi connectivity index (χ3v) is 5.36. The van der Waals surface area contributed by atoms with Gasteiger partial charge in [0.1, 0.15) is 35.3 Å². The molecule has 1 aromatic heterocycles. The molecule has 0 spiro atoms. The van der Waals surface area contributed by atoms with Crippen LogP contribution in [0, 0.1) is 17.2 Å². The van der Waals surface area contributed by atoms with Crippen LogP contribution in [0.25, 0.3) is 11.1 Å². The Labute approximate surface area is 199 Å². The van der Waals surface area contributed by atoms with Crippen molar-refractivity contribution in [1.82, 2.24) is 14.9 Å². The molecule has 0 saturated carbocycles. The first-order chi connectivity index (χ1) is 16.5. The average molecular weight is 458 g/mol. The Morgan fingerprint density at radius 1 is 1.29 bits per heavy atom. The van der Waals surface area contributed by atoms with Crippen LogP contribution >= 0.6 is 0 Å². The normalized spacial score (nSPS) is 15.7. The molecule has 8 nitrogen and oxygen atoms in total. The van der Waals surface area contributed by atoms with Crippen molar-refractivity contribution in [1.29, 1.82) is 5.26 Å². The molecule has 174 valence electrons. The average Bonchev–Trinajstić information content (AvgIpc) is 2.87. The summed E-state index contributed by atoms with van der Waals surface area (Å²) in [5.74, 6) is 1.63. The second-order valence-corrected chi connectivity index (χ2v) is 7.74. The number of amides is 1. The number of benzene rings is 1. The number of nitrogens with two attached hydrogens (primary N) is 1. The van der Waals surface area contributed by atoms with Crippen LogP contribution in [-0.4, -0.2) is 40.5 Å². The first-order valence-electron chi connectivity index (χ1n) is 10.8. The van der Waals surface area contributed by atoms with Gasteiger partial charge in [-0.2, -0.15) is 5.26 Å². The SMILES string of the molecule is C=C/C=C(\C=C)Oc1ccc(-c2c(N)ncnc2OCC2CCCN(C(=O)C(=C)C#N)C2)cc1. The van der Waals surface area contributed by atoms with E-state index < -0.39 is 0 Å². The molecule has 34 heavy (non-hydrogen) atoms. The van der Waals surface area contributed by atoms with Gasteiger partial charge in [0.2, 0.25) is 5.88 Å². The molecule has 1 amide bonds. The summed E-state index contributed by atoms with van der Waals surface area (Å²) in [7, 11) is 0. The Morgan fingerprint density at radius 3 is 2.74 bits per heavy atom. The van der Waals surface area contributed by atoms with E-state index in [9.17, 15) is 4.79 Å². The molecule has 2 aromatic rings. The molecule has 8 heteroatoms. The highest BCUT2D eigenvalue weighted by Gasteiger charge is 2.26. The van der Waals surface area contributed by atoms with Crippen LogP contribution in [0.15, 0.2) is 79.9 Å².